The Morgan fingerprint density at radius 1 is 1.11 bits per heavy atom. The van der Waals surface area contributed by atoms with Gasteiger partial charge in [-0.15, -0.1) is 0 Å². The molecule has 1 aromatic rings. The quantitative estimate of drug-likeness (QED) is 0.833. The zero-order valence-electron chi connectivity index (χ0n) is 11.1. The molecule has 0 aliphatic carbocycles. The largest absolute Gasteiger partial charge is 0.352 e. The summed E-state index contributed by atoms with van der Waals surface area (Å²) < 4.78 is 0. The van der Waals surface area contributed by atoms with Crippen molar-refractivity contribution in [3.05, 3.63) is 35.4 Å². The average Bonchev–Trinajstić information content (AvgIpc) is 2.36. The molecule has 4 heteroatoms. The van der Waals surface area contributed by atoms with Crippen molar-refractivity contribution in [1.29, 1.82) is 0 Å². The molecule has 0 aromatic heterocycles. The SMILES string of the molecule is CCNC(=O)c1ccc(CNC(=O)C(C)C)cc1. The Hall–Kier alpha value is -1.84. The smallest absolute Gasteiger partial charge is 0.251 e. The summed E-state index contributed by atoms with van der Waals surface area (Å²) in [7, 11) is 0. The van der Waals surface area contributed by atoms with Gasteiger partial charge < -0.3 is 10.6 Å². The summed E-state index contributed by atoms with van der Waals surface area (Å²) in [6.07, 6.45) is 0. The molecule has 2 N–H and O–H groups in total. The van der Waals surface area contributed by atoms with E-state index in [1.165, 1.54) is 0 Å². The Morgan fingerprint density at radius 3 is 2.22 bits per heavy atom. The molecule has 18 heavy (non-hydrogen) atoms. The molecular formula is C14H20N2O2. The molecule has 0 radical (unpaired) electrons. The molecule has 0 heterocycles. The number of benzene rings is 1. The average molecular weight is 248 g/mol. The molecule has 0 bridgehead atoms. The molecule has 0 aliphatic heterocycles. The second kappa shape index (κ2) is 6.79. The van der Waals surface area contributed by atoms with Gasteiger partial charge in [0.25, 0.3) is 5.91 Å². The third kappa shape index (κ3) is 4.20. The van der Waals surface area contributed by atoms with Crippen molar-refractivity contribution in [3.63, 3.8) is 0 Å². The zero-order chi connectivity index (χ0) is 13.5. The fraction of sp³-hybridized carbons (Fsp3) is 0.429. The van der Waals surface area contributed by atoms with E-state index in [9.17, 15) is 9.59 Å². The van der Waals surface area contributed by atoms with Gasteiger partial charge >= 0.3 is 0 Å². The van der Waals surface area contributed by atoms with Gasteiger partial charge in [0.1, 0.15) is 0 Å². The molecular weight excluding hydrogens is 228 g/mol. The molecule has 0 aliphatic rings. The monoisotopic (exact) mass is 248 g/mol. The predicted molar refractivity (Wildman–Crippen MR) is 71.1 cm³/mol. The van der Waals surface area contributed by atoms with Gasteiger partial charge in [0, 0.05) is 24.6 Å². The molecule has 0 spiro atoms. The van der Waals surface area contributed by atoms with E-state index < -0.39 is 0 Å². The van der Waals surface area contributed by atoms with Crippen molar-refractivity contribution in [1.82, 2.24) is 10.6 Å². The molecule has 2 amide bonds. The number of hydrogen-bond donors (Lipinski definition) is 2. The van der Waals surface area contributed by atoms with Crippen LogP contribution in [0.4, 0.5) is 0 Å². The summed E-state index contributed by atoms with van der Waals surface area (Å²) >= 11 is 0. The van der Waals surface area contributed by atoms with Crippen LogP contribution in [0.2, 0.25) is 0 Å². The van der Waals surface area contributed by atoms with Gasteiger partial charge in [0.05, 0.1) is 0 Å². The maximum atomic E-state index is 11.5. The lowest BCUT2D eigenvalue weighted by Crippen LogP contribution is -2.27. The molecule has 0 unspecified atom stereocenters. The first-order valence-electron chi connectivity index (χ1n) is 6.19. The van der Waals surface area contributed by atoms with Crippen molar-refractivity contribution in [3.8, 4) is 0 Å². The molecule has 0 saturated carbocycles. The first-order valence-corrected chi connectivity index (χ1v) is 6.19. The molecule has 0 fully saturated rings. The first-order chi connectivity index (χ1) is 8.54. The van der Waals surface area contributed by atoms with Gasteiger partial charge in [0.15, 0.2) is 0 Å². The number of hydrogen-bond acceptors (Lipinski definition) is 2. The topological polar surface area (TPSA) is 58.2 Å². The van der Waals surface area contributed by atoms with Gasteiger partial charge in [-0.05, 0) is 24.6 Å². The fourth-order valence-corrected chi connectivity index (χ4v) is 1.43. The molecule has 4 nitrogen and oxygen atoms in total. The second-order valence-electron chi connectivity index (χ2n) is 4.43. The summed E-state index contributed by atoms with van der Waals surface area (Å²) in [5.74, 6) is -0.0577. The molecule has 0 saturated heterocycles. The standard InChI is InChI=1S/C14H20N2O2/c1-4-15-14(18)12-7-5-11(6-8-12)9-16-13(17)10(2)3/h5-8,10H,4,9H2,1-3H3,(H,15,18)(H,16,17). The Kier molecular flexibility index (Phi) is 5.36. The van der Waals surface area contributed by atoms with Crippen LogP contribution in [0, 0.1) is 5.92 Å². The molecule has 1 aromatic carbocycles. The number of rotatable bonds is 5. The predicted octanol–water partition coefficient (Wildman–Crippen LogP) is 1.71. The Bertz CT molecular complexity index is 410. The lowest BCUT2D eigenvalue weighted by atomic mass is 10.1. The van der Waals surface area contributed by atoms with Crippen LogP contribution in [0.5, 0.6) is 0 Å². The van der Waals surface area contributed by atoms with Crippen LogP contribution < -0.4 is 10.6 Å². The highest BCUT2D eigenvalue weighted by atomic mass is 16.2. The van der Waals surface area contributed by atoms with Crippen LogP contribution in [0.1, 0.15) is 36.7 Å². The number of carbonyl (C=O) groups excluding carboxylic acids is 2. The van der Waals surface area contributed by atoms with E-state index in [2.05, 4.69) is 10.6 Å². The summed E-state index contributed by atoms with van der Waals surface area (Å²) in [6, 6.07) is 7.24. The van der Waals surface area contributed by atoms with Crippen LogP contribution in [0.3, 0.4) is 0 Å². The lowest BCUT2D eigenvalue weighted by Gasteiger charge is -2.08. The maximum absolute atomic E-state index is 11.5. The lowest BCUT2D eigenvalue weighted by molar-refractivity contribution is -0.124. The van der Waals surface area contributed by atoms with E-state index in [1.54, 1.807) is 12.1 Å². The molecule has 1 rings (SSSR count). The second-order valence-corrected chi connectivity index (χ2v) is 4.43. The van der Waals surface area contributed by atoms with Crippen LogP contribution in [0.15, 0.2) is 24.3 Å². The maximum Gasteiger partial charge on any atom is 0.251 e. The third-order valence-electron chi connectivity index (χ3n) is 2.54. The number of carbonyl (C=O) groups is 2. The van der Waals surface area contributed by atoms with Gasteiger partial charge in [-0.2, -0.15) is 0 Å². The highest BCUT2D eigenvalue weighted by Gasteiger charge is 2.07. The first kappa shape index (κ1) is 14.2. The van der Waals surface area contributed by atoms with Gasteiger partial charge in [-0.1, -0.05) is 26.0 Å². The van der Waals surface area contributed by atoms with Crippen molar-refractivity contribution in [2.45, 2.75) is 27.3 Å². The summed E-state index contributed by atoms with van der Waals surface area (Å²) in [6.45, 7) is 6.70. The molecule has 98 valence electrons. The van der Waals surface area contributed by atoms with E-state index in [0.29, 0.717) is 18.7 Å². The Labute approximate surface area is 108 Å². The van der Waals surface area contributed by atoms with Crippen LogP contribution in [-0.4, -0.2) is 18.4 Å². The van der Waals surface area contributed by atoms with Crippen LogP contribution in [-0.2, 0) is 11.3 Å². The highest BCUT2D eigenvalue weighted by Crippen LogP contribution is 2.04. The third-order valence-corrected chi connectivity index (χ3v) is 2.54. The van der Waals surface area contributed by atoms with Gasteiger partial charge in [-0.3, -0.25) is 9.59 Å². The fourth-order valence-electron chi connectivity index (χ4n) is 1.43. The minimum Gasteiger partial charge on any atom is -0.352 e. The van der Waals surface area contributed by atoms with Crippen molar-refractivity contribution in [2.75, 3.05) is 6.54 Å². The number of nitrogens with one attached hydrogen (secondary N) is 2. The zero-order valence-corrected chi connectivity index (χ0v) is 11.1. The van der Waals surface area contributed by atoms with E-state index >= 15 is 0 Å². The Balaban J connectivity index is 2.55. The van der Waals surface area contributed by atoms with Crippen LogP contribution in [0.25, 0.3) is 0 Å². The van der Waals surface area contributed by atoms with Crippen molar-refractivity contribution in [2.24, 2.45) is 5.92 Å². The van der Waals surface area contributed by atoms with Gasteiger partial charge in [0.2, 0.25) is 5.91 Å². The Morgan fingerprint density at radius 2 is 1.72 bits per heavy atom. The minimum absolute atomic E-state index is 0.0143. The number of amides is 2. The van der Waals surface area contributed by atoms with Gasteiger partial charge in [-0.25, -0.2) is 0 Å². The van der Waals surface area contributed by atoms with Crippen molar-refractivity contribution >= 4 is 11.8 Å². The highest BCUT2D eigenvalue weighted by molar-refractivity contribution is 5.94. The summed E-state index contributed by atoms with van der Waals surface area (Å²) in [5.41, 5.74) is 1.62. The van der Waals surface area contributed by atoms with Crippen molar-refractivity contribution < 1.29 is 9.59 Å². The van der Waals surface area contributed by atoms with Crippen LogP contribution >= 0.6 is 0 Å². The minimum atomic E-state index is -0.0738. The van der Waals surface area contributed by atoms with E-state index in [0.717, 1.165) is 5.56 Å². The van der Waals surface area contributed by atoms with E-state index in [1.807, 2.05) is 32.9 Å². The molecule has 0 atom stereocenters. The summed E-state index contributed by atoms with van der Waals surface area (Å²) in [5, 5.41) is 5.57. The van der Waals surface area contributed by atoms with E-state index in [-0.39, 0.29) is 17.7 Å². The normalized spacial score (nSPS) is 10.2. The van der Waals surface area contributed by atoms with E-state index in [4.69, 9.17) is 0 Å². The summed E-state index contributed by atoms with van der Waals surface area (Å²) in [4.78, 5) is 22.9.